The first kappa shape index (κ1) is 17.1. The molecule has 10 heteroatoms. The maximum atomic E-state index is 12.6. The monoisotopic (exact) mass is 352 g/mol. The summed E-state index contributed by atoms with van der Waals surface area (Å²) in [6, 6.07) is 1.26. The summed E-state index contributed by atoms with van der Waals surface area (Å²) in [7, 11) is -4.69. The van der Waals surface area contributed by atoms with Crippen molar-refractivity contribution in [3.63, 3.8) is 0 Å². The molecule has 0 N–H and O–H groups in total. The van der Waals surface area contributed by atoms with Gasteiger partial charge in [0.25, 0.3) is 0 Å². The van der Waals surface area contributed by atoms with Gasteiger partial charge in [-0.1, -0.05) is 6.08 Å². The predicted octanol–water partition coefficient (Wildman–Crippen LogP) is 2.32. The van der Waals surface area contributed by atoms with E-state index in [1.807, 2.05) is 0 Å². The van der Waals surface area contributed by atoms with Gasteiger partial charge in [0.2, 0.25) is 0 Å². The van der Waals surface area contributed by atoms with Crippen molar-refractivity contribution in [1.29, 1.82) is 0 Å². The lowest BCUT2D eigenvalue weighted by molar-refractivity contribution is -0.0500. The number of hydrogen-bond donors (Lipinski definition) is 0. The Morgan fingerprint density at radius 1 is 1.43 bits per heavy atom. The third kappa shape index (κ3) is 2.98. The van der Waals surface area contributed by atoms with Gasteiger partial charge in [0.1, 0.15) is 12.4 Å². The Bertz CT molecular complexity index is 767. The summed E-state index contributed by atoms with van der Waals surface area (Å²) in [6.45, 7) is 3.05. The molecule has 0 spiro atoms. The molecule has 1 aromatic rings. The number of ether oxygens (including phenoxy) is 2. The topological polar surface area (TPSA) is 78.9 Å². The predicted molar refractivity (Wildman–Crippen MR) is 71.6 cm³/mol. The number of esters is 1. The molecule has 1 aromatic carbocycles. The molecular formula is C13H11F3O6S. The Kier molecular flexibility index (Phi) is 4.29. The van der Waals surface area contributed by atoms with Crippen molar-refractivity contribution in [2.75, 3.05) is 7.11 Å². The quantitative estimate of drug-likeness (QED) is 0.350. The van der Waals surface area contributed by atoms with Crippen LogP contribution in [0.3, 0.4) is 0 Å². The van der Waals surface area contributed by atoms with Gasteiger partial charge in [0, 0.05) is 11.1 Å². The second kappa shape index (κ2) is 5.76. The van der Waals surface area contributed by atoms with E-state index in [1.54, 1.807) is 0 Å². The van der Waals surface area contributed by atoms with Gasteiger partial charge in [-0.05, 0) is 12.5 Å². The van der Waals surface area contributed by atoms with Crippen LogP contribution < -0.4 is 8.92 Å². The van der Waals surface area contributed by atoms with Crippen LogP contribution in [-0.2, 0) is 27.9 Å². The van der Waals surface area contributed by atoms with Crippen molar-refractivity contribution in [1.82, 2.24) is 0 Å². The van der Waals surface area contributed by atoms with Crippen molar-refractivity contribution in [2.45, 2.75) is 18.5 Å². The molecule has 126 valence electrons. The minimum absolute atomic E-state index is 0.00475. The van der Waals surface area contributed by atoms with E-state index in [1.165, 1.54) is 19.3 Å². The summed E-state index contributed by atoms with van der Waals surface area (Å²) >= 11 is 0. The summed E-state index contributed by atoms with van der Waals surface area (Å²) in [5, 5.41) is 0. The number of methoxy groups -OCH3 is 1. The fraction of sp³-hybridized carbons (Fsp3) is 0.308. The first-order chi connectivity index (χ1) is 10.6. The van der Waals surface area contributed by atoms with E-state index in [0.29, 0.717) is 0 Å². The standard InChI is InChI=1S/C13H11F3O6S/c1-3-4-7-10(20-2)5-8-9(6-21-12(8)17)11(7)22-23(18,19)13(14,15)16/h3,5H,1,4,6H2,2H3. The Balaban J connectivity index is 2.70. The summed E-state index contributed by atoms with van der Waals surface area (Å²) in [5.74, 6) is -1.44. The summed E-state index contributed by atoms with van der Waals surface area (Å²) < 4.78 is 74.4. The second-order valence-electron chi connectivity index (χ2n) is 4.46. The van der Waals surface area contributed by atoms with Gasteiger partial charge in [-0.2, -0.15) is 21.6 Å². The number of halogens is 3. The van der Waals surface area contributed by atoms with Gasteiger partial charge in [0.15, 0.2) is 5.75 Å². The van der Waals surface area contributed by atoms with Crippen molar-refractivity contribution >= 4 is 16.1 Å². The zero-order valence-electron chi connectivity index (χ0n) is 11.8. The maximum Gasteiger partial charge on any atom is 0.534 e. The molecule has 1 aliphatic rings. The zero-order valence-corrected chi connectivity index (χ0v) is 12.6. The van der Waals surface area contributed by atoms with Crippen LogP contribution in [0.2, 0.25) is 0 Å². The van der Waals surface area contributed by atoms with Crippen LogP contribution in [0.15, 0.2) is 18.7 Å². The highest BCUT2D eigenvalue weighted by molar-refractivity contribution is 7.88. The van der Waals surface area contributed by atoms with Crippen molar-refractivity contribution in [3.05, 3.63) is 35.4 Å². The van der Waals surface area contributed by atoms with Crippen LogP contribution in [0.1, 0.15) is 21.5 Å². The van der Waals surface area contributed by atoms with E-state index in [9.17, 15) is 26.4 Å². The molecule has 0 fully saturated rings. The van der Waals surface area contributed by atoms with Crippen LogP contribution in [0.25, 0.3) is 0 Å². The average Bonchev–Trinajstić information content (AvgIpc) is 2.81. The van der Waals surface area contributed by atoms with Gasteiger partial charge in [0.05, 0.1) is 12.7 Å². The zero-order chi connectivity index (χ0) is 17.4. The average molecular weight is 352 g/mol. The van der Waals surface area contributed by atoms with Crippen molar-refractivity contribution in [3.8, 4) is 11.5 Å². The molecule has 0 aromatic heterocycles. The number of carbonyl (C=O) groups is 1. The number of alkyl halides is 3. The summed E-state index contributed by atoms with van der Waals surface area (Å²) in [6.07, 6.45) is 1.29. The molecule has 0 atom stereocenters. The molecule has 0 saturated carbocycles. The molecule has 0 saturated heterocycles. The molecule has 0 unspecified atom stereocenters. The summed E-state index contributed by atoms with van der Waals surface area (Å²) in [4.78, 5) is 11.6. The molecule has 2 rings (SSSR count). The van der Waals surface area contributed by atoms with Gasteiger partial charge in [-0.25, -0.2) is 4.79 Å². The Morgan fingerprint density at radius 2 is 2.09 bits per heavy atom. The number of hydrogen-bond acceptors (Lipinski definition) is 6. The maximum absolute atomic E-state index is 12.6. The number of benzene rings is 1. The SMILES string of the molecule is C=CCc1c(OC)cc2c(c1OS(=O)(=O)C(F)(F)F)COC2=O. The van der Waals surface area contributed by atoms with Crippen molar-refractivity contribution in [2.24, 2.45) is 0 Å². The normalized spacial score (nSPS) is 14.2. The Morgan fingerprint density at radius 3 is 2.61 bits per heavy atom. The molecule has 1 aliphatic heterocycles. The van der Waals surface area contributed by atoms with Gasteiger partial charge in [-0.3, -0.25) is 0 Å². The molecule has 0 bridgehead atoms. The largest absolute Gasteiger partial charge is 0.534 e. The van der Waals surface area contributed by atoms with Gasteiger partial charge >= 0.3 is 21.6 Å². The van der Waals surface area contributed by atoms with E-state index in [0.717, 1.165) is 0 Å². The second-order valence-corrected chi connectivity index (χ2v) is 6.00. The number of carbonyl (C=O) groups excluding carboxylic acids is 1. The van der Waals surface area contributed by atoms with E-state index in [4.69, 9.17) is 9.47 Å². The molecule has 0 radical (unpaired) electrons. The highest BCUT2D eigenvalue weighted by atomic mass is 32.2. The number of fused-ring (bicyclic) bond motifs is 1. The fourth-order valence-electron chi connectivity index (χ4n) is 2.04. The minimum Gasteiger partial charge on any atom is -0.496 e. The van der Waals surface area contributed by atoms with Crippen LogP contribution in [0.4, 0.5) is 13.2 Å². The van der Waals surface area contributed by atoms with E-state index < -0.39 is 34.0 Å². The molecule has 0 amide bonds. The van der Waals surface area contributed by atoms with Crippen LogP contribution in [-0.4, -0.2) is 27.0 Å². The van der Waals surface area contributed by atoms with E-state index >= 15 is 0 Å². The number of allylic oxidation sites excluding steroid dienone is 1. The number of cyclic esters (lactones) is 1. The lowest BCUT2D eigenvalue weighted by Gasteiger charge is -2.17. The van der Waals surface area contributed by atoms with Crippen molar-refractivity contribution < 1.29 is 40.0 Å². The van der Waals surface area contributed by atoms with Gasteiger partial charge in [-0.15, -0.1) is 6.58 Å². The minimum atomic E-state index is -5.91. The fourth-order valence-corrected chi connectivity index (χ4v) is 2.55. The van der Waals surface area contributed by atoms with Crippen LogP contribution in [0.5, 0.6) is 11.5 Å². The van der Waals surface area contributed by atoms with Crippen LogP contribution >= 0.6 is 0 Å². The highest BCUT2D eigenvalue weighted by Gasteiger charge is 2.49. The number of rotatable bonds is 5. The van der Waals surface area contributed by atoms with Gasteiger partial charge < -0.3 is 13.7 Å². The molecule has 1 heterocycles. The Labute approximate surface area is 129 Å². The Hall–Kier alpha value is -2.23. The first-order valence-electron chi connectivity index (χ1n) is 6.14. The summed E-state index contributed by atoms with van der Waals surface area (Å²) in [5.41, 5.74) is -5.78. The lowest BCUT2D eigenvalue weighted by atomic mass is 10.0. The molecule has 0 aliphatic carbocycles. The van der Waals surface area contributed by atoms with E-state index in [2.05, 4.69) is 10.8 Å². The molecular weight excluding hydrogens is 341 g/mol. The first-order valence-corrected chi connectivity index (χ1v) is 7.54. The third-order valence-corrected chi connectivity index (χ3v) is 4.01. The third-order valence-electron chi connectivity index (χ3n) is 3.06. The van der Waals surface area contributed by atoms with Crippen LogP contribution in [0, 0.1) is 0 Å². The smallest absolute Gasteiger partial charge is 0.496 e. The van der Waals surface area contributed by atoms with E-state index in [-0.39, 0.29) is 28.9 Å². The highest BCUT2D eigenvalue weighted by Crippen LogP contribution is 2.41. The molecule has 23 heavy (non-hydrogen) atoms. The molecule has 6 nitrogen and oxygen atoms in total. The lowest BCUT2D eigenvalue weighted by Crippen LogP contribution is -2.29.